The first-order valence-corrected chi connectivity index (χ1v) is 9.06. The maximum atomic E-state index is 12.3. The summed E-state index contributed by atoms with van der Waals surface area (Å²) in [6.45, 7) is 5.49. The number of benzene rings is 2. The third-order valence-corrected chi connectivity index (χ3v) is 4.35. The average Bonchev–Trinajstić information content (AvgIpc) is 2.62. The molecule has 2 amide bonds. The zero-order valence-corrected chi connectivity index (χ0v) is 16.0. The van der Waals surface area contributed by atoms with E-state index >= 15 is 0 Å². The van der Waals surface area contributed by atoms with Gasteiger partial charge in [0.15, 0.2) is 0 Å². The molecular weight excluding hydrogens is 356 g/mol. The van der Waals surface area contributed by atoms with E-state index in [2.05, 4.69) is 10.6 Å². The summed E-state index contributed by atoms with van der Waals surface area (Å²) in [7, 11) is 0. The van der Waals surface area contributed by atoms with E-state index in [1.165, 1.54) is 6.07 Å². The summed E-state index contributed by atoms with van der Waals surface area (Å²) >= 11 is 0. The molecule has 0 fully saturated rings. The fourth-order valence-corrected chi connectivity index (χ4v) is 2.79. The second kappa shape index (κ2) is 8.08. The number of amides is 2. The predicted molar refractivity (Wildman–Crippen MR) is 109 cm³/mol. The van der Waals surface area contributed by atoms with E-state index in [0.29, 0.717) is 17.0 Å². The average molecular weight is 378 g/mol. The zero-order valence-electron chi connectivity index (χ0n) is 16.0. The van der Waals surface area contributed by atoms with E-state index in [-0.39, 0.29) is 24.2 Å². The minimum Gasteiger partial charge on any atom is -0.423 e. The predicted octanol–water partition coefficient (Wildman–Crippen LogP) is 3.88. The normalized spacial score (nSPS) is 10.9. The molecule has 1 heterocycles. The Balaban J connectivity index is 1.66. The van der Waals surface area contributed by atoms with Crippen molar-refractivity contribution in [3.8, 4) is 0 Å². The highest BCUT2D eigenvalue weighted by atomic mass is 16.4. The molecule has 0 aliphatic heterocycles. The first-order chi connectivity index (χ1) is 13.3. The molecule has 144 valence electrons. The van der Waals surface area contributed by atoms with Crippen molar-refractivity contribution in [2.75, 3.05) is 10.6 Å². The number of hydrogen-bond donors (Lipinski definition) is 2. The number of hydrogen-bond acceptors (Lipinski definition) is 4. The zero-order chi connectivity index (χ0) is 20.3. The molecule has 2 aromatic carbocycles. The van der Waals surface area contributed by atoms with E-state index in [4.69, 9.17) is 4.42 Å². The van der Waals surface area contributed by atoms with Gasteiger partial charge in [-0.25, -0.2) is 4.79 Å². The van der Waals surface area contributed by atoms with E-state index in [9.17, 15) is 14.4 Å². The third-order valence-electron chi connectivity index (χ3n) is 4.35. The van der Waals surface area contributed by atoms with Gasteiger partial charge in [-0.2, -0.15) is 0 Å². The molecular formula is C22H22N2O4. The van der Waals surface area contributed by atoms with Crippen LogP contribution in [0.4, 0.5) is 11.4 Å². The summed E-state index contributed by atoms with van der Waals surface area (Å²) in [5.74, 6) is -0.336. The fraction of sp³-hybridized carbons (Fsp3) is 0.227. The lowest BCUT2D eigenvalue weighted by Gasteiger charge is -2.09. The molecule has 3 rings (SSSR count). The van der Waals surface area contributed by atoms with Crippen LogP contribution in [-0.2, 0) is 16.0 Å². The van der Waals surface area contributed by atoms with Crippen LogP contribution < -0.4 is 16.3 Å². The Labute approximate surface area is 162 Å². The van der Waals surface area contributed by atoms with Crippen LogP contribution in [0.2, 0.25) is 0 Å². The molecule has 6 nitrogen and oxygen atoms in total. The lowest BCUT2D eigenvalue weighted by atomic mass is 10.1. The summed E-state index contributed by atoms with van der Waals surface area (Å²) in [6.07, 6.45) is 0.189. The summed E-state index contributed by atoms with van der Waals surface area (Å²) in [5, 5.41) is 6.46. The van der Waals surface area contributed by atoms with Gasteiger partial charge < -0.3 is 15.1 Å². The lowest BCUT2D eigenvalue weighted by Crippen LogP contribution is -2.18. The number of anilines is 2. The molecule has 0 saturated carbocycles. The van der Waals surface area contributed by atoms with Crippen LogP contribution in [0, 0.1) is 12.8 Å². The Hall–Kier alpha value is -3.41. The number of fused-ring (bicyclic) bond motifs is 1. The van der Waals surface area contributed by atoms with Crippen molar-refractivity contribution in [1.82, 2.24) is 0 Å². The number of carbonyl (C=O) groups is 2. The molecule has 0 unspecified atom stereocenters. The van der Waals surface area contributed by atoms with E-state index < -0.39 is 5.63 Å². The van der Waals surface area contributed by atoms with Crippen LogP contribution >= 0.6 is 0 Å². The largest absolute Gasteiger partial charge is 0.423 e. The fourth-order valence-electron chi connectivity index (χ4n) is 2.79. The number of aryl methyl sites for hydroxylation is 1. The minimum atomic E-state index is -0.418. The highest BCUT2D eigenvalue weighted by Crippen LogP contribution is 2.21. The lowest BCUT2D eigenvalue weighted by molar-refractivity contribution is -0.119. The van der Waals surface area contributed by atoms with Gasteiger partial charge in [-0.1, -0.05) is 26.0 Å². The van der Waals surface area contributed by atoms with E-state index in [1.54, 1.807) is 36.4 Å². The number of rotatable bonds is 5. The van der Waals surface area contributed by atoms with Gasteiger partial charge in [-0.15, -0.1) is 0 Å². The van der Waals surface area contributed by atoms with Gasteiger partial charge >= 0.3 is 5.63 Å². The molecule has 0 radical (unpaired) electrons. The molecule has 3 aromatic rings. The Bertz CT molecular complexity index is 1080. The standard InChI is InChI=1S/C22H22N2O4/c1-13(2)22(27)24-16-6-4-15(5-7-16)11-20(25)23-17-8-9-18-14(3)10-21(26)28-19(18)12-17/h4-10,12-13H,11H2,1-3H3,(H,23,25)(H,24,27). The topological polar surface area (TPSA) is 88.4 Å². The van der Waals surface area contributed by atoms with Gasteiger partial charge in [-0.3, -0.25) is 9.59 Å². The van der Waals surface area contributed by atoms with Gasteiger partial charge in [0, 0.05) is 34.8 Å². The maximum absolute atomic E-state index is 12.3. The molecule has 6 heteroatoms. The highest BCUT2D eigenvalue weighted by molar-refractivity contribution is 5.95. The van der Waals surface area contributed by atoms with Crippen LogP contribution in [0.15, 0.2) is 57.7 Å². The molecule has 2 N–H and O–H groups in total. The van der Waals surface area contributed by atoms with Gasteiger partial charge in [0.25, 0.3) is 0 Å². The Morgan fingerprint density at radius 1 is 0.964 bits per heavy atom. The van der Waals surface area contributed by atoms with Crippen LogP contribution in [0.25, 0.3) is 11.0 Å². The molecule has 1 aromatic heterocycles. The van der Waals surface area contributed by atoms with Gasteiger partial charge in [0.05, 0.1) is 6.42 Å². The van der Waals surface area contributed by atoms with Crippen LogP contribution in [0.5, 0.6) is 0 Å². The molecule has 0 aliphatic rings. The summed E-state index contributed by atoms with van der Waals surface area (Å²) < 4.78 is 5.20. The second-order valence-electron chi connectivity index (χ2n) is 7.03. The van der Waals surface area contributed by atoms with Crippen molar-refractivity contribution in [1.29, 1.82) is 0 Å². The smallest absolute Gasteiger partial charge is 0.336 e. The number of carbonyl (C=O) groups excluding carboxylic acids is 2. The van der Waals surface area contributed by atoms with E-state index in [0.717, 1.165) is 16.5 Å². The molecule has 0 spiro atoms. The SMILES string of the molecule is Cc1cc(=O)oc2cc(NC(=O)Cc3ccc(NC(=O)C(C)C)cc3)ccc12. The van der Waals surface area contributed by atoms with Crippen molar-refractivity contribution < 1.29 is 14.0 Å². The van der Waals surface area contributed by atoms with Crippen molar-refractivity contribution in [3.63, 3.8) is 0 Å². The highest BCUT2D eigenvalue weighted by Gasteiger charge is 2.09. The van der Waals surface area contributed by atoms with Crippen molar-refractivity contribution in [2.24, 2.45) is 5.92 Å². The molecule has 0 aliphatic carbocycles. The maximum Gasteiger partial charge on any atom is 0.336 e. The summed E-state index contributed by atoms with van der Waals surface area (Å²) in [6, 6.07) is 13.8. The molecule has 0 bridgehead atoms. The Kier molecular flexibility index (Phi) is 5.59. The minimum absolute atomic E-state index is 0.0521. The van der Waals surface area contributed by atoms with Crippen molar-refractivity contribution >= 4 is 34.2 Å². The first-order valence-electron chi connectivity index (χ1n) is 9.06. The van der Waals surface area contributed by atoms with Crippen molar-refractivity contribution in [3.05, 3.63) is 70.1 Å². The Morgan fingerprint density at radius 2 is 1.64 bits per heavy atom. The summed E-state index contributed by atoms with van der Waals surface area (Å²) in [4.78, 5) is 35.6. The first kappa shape index (κ1) is 19.4. The van der Waals surface area contributed by atoms with E-state index in [1.807, 2.05) is 26.8 Å². The van der Waals surface area contributed by atoms with Gasteiger partial charge in [-0.05, 0) is 42.3 Å². The van der Waals surface area contributed by atoms with Crippen LogP contribution in [0.1, 0.15) is 25.0 Å². The third kappa shape index (κ3) is 4.65. The van der Waals surface area contributed by atoms with Crippen LogP contribution in [-0.4, -0.2) is 11.8 Å². The van der Waals surface area contributed by atoms with Crippen molar-refractivity contribution in [2.45, 2.75) is 27.2 Å². The van der Waals surface area contributed by atoms with Crippen LogP contribution in [0.3, 0.4) is 0 Å². The van der Waals surface area contributed by atoms with Gasteiger partial charge in [0.1, 0.15) is 5.58 Å². The number of nitrogens with one attached hydrogen (secondary N) is 2. The second-order valence-corrected chi connectivity index (χ2v) is 7.03. The summed E-state index contributed by atoms with van der Waals surface area (Å²) in [5.41, 5.74) is 2.93. The molecule has 28 heavy (non-hydrogen) atoms. The van der Waals surface area contributed by atoms with Gasteiger partial charge in [0.2, 0.25) is 11.8 Å². The monoisotopic (exact) mass is 378 g/mol. The Morgan fingerprint density at radius 3 is 2.32 bits per heavy atom. The quantitative estimate of drug-likeness (QED) is 0.660. The molecule has 0 atom stereocenters. The molecule has 0 saturated heterocycles.